The lowest BCUT2D eigenvalue weighted by Crippen LogP contribution is -2.45. The minimum Gasteiger partial charge on any atom is -0.497 e. The Labute approximate surface area is 194 Å². The first-order valence-electron chi connectivity index (χ1n) is 10.9. The van der Waals surface area contributed by atoms with Gasteiger partial charge in [0.05, 0.1) is 31.9 Å². The topological polar surface area (TPSA) is 85.4 Å². The lowest BCUT2D eigenvalue weighted by Gasteiger charge is -2.26. The zero-order valence-electron chi connectivity index (χ0n) is 19.3. The highest BCUT2D eigenvalue weighted by atomic mass is 16.5. The van der Waals surface area contributed by atoms with Gasteiger partial charge < -0.3 is 19.1 Å². The van der Waals surface area contributed by atoms with Gasteiger partial charge in [-0.05, 0) is 37.1 Å². The van der Waals surface area contributed by atoms with Gasteiger partial charge in [-0.2, -0.15) is 0 Å². The summed E-state index contributed by atoms with van der Waals surface area (Å²) in [7, 11) is 3.18. The van der Waals surface area contributed by atoms with Crippen molar-refractivity contribution in [3.8, 4) is 5.75 Å². The Morgan fingerprint density at radius 1 is 1.06 bits per heavy atom. The Hall–Kier alpha value is -3.39. The molecule has 2 aromatic rings. The van der Waals surface area contributed by atoms with Crippen LogP contribution in [0.5, 0.6) is 5.75 Å². The average Bonchev–Trinajstić information content (AvgIpc) is 2.87. The fourth-order valence-corrected chi connectivity index (χ4v) is 3.89. The van der Waals surface area contributed by atoms with Crippen LogP contribution in [0.4, 0.5) is 5.69 Å². The van der Waals surface area contributed by atoms with Crippen molar-refractivity contribution >= 4 is 23.5 Å². The van der Waals surface area contributed by atoms with E-state index in [1.807, 2.05) is 30.3 Å². The van der Waals surface area contributed by atoms with Crippen LogP contribution in [-0.4, -0.2) is 63.1 Å². The molecule has 0 N–H and O–H groups in total. The molecule has 33 heavy (non-hydrogen) atoms. The SMILES string of the molecule is CCOC(=O)CN1C(=O)CN(C(=O)Cc2ccc(OC)cc2)CCC(OC)c2ccccc21. The van der Waals surface area contributed by atoms with Crippen LogP contribution >= 0.6 is 0 Å². The summed E-state index contributed by atoms with van der Waals surface area (Å²) in [6, 6.07) is 14.6. The number of para-hydroxylation sites is 1. The van der Waals surface area contributed by atoms with Crippen LogP contribution in [0.25, 0.3) is 0 Å². The van der Waals surface area contributed by atoms with E-state index in [2.05, 4.69) is 0 Å². The molecule has 0 fully saturated rings. The molecule has 1 unspecified atom stereocenters. The molecule has 8 heteroatoms. The van der Waals surface area contributed by atoms with Crippen LogP contribution in [0, 0.1) is 0 Å². The lowest BCUT2D eigenvalue weighted by molar-refractivity contribution is -0.142. The minimum atomic E-state index is -0.509. The second kappa shape index (κ2) is 11.5. The summed E-state index contributed by atoms with van der Waals surface area (Å²) < 4.78 is 16.0. The van der Waals surface area contributed by atoms with E-state index in [0.29, 0.717) is 24.4 Å². The van der Waals surface area contributed by atoms with Gasteiger partial charge in [0.2, 0.25) is 11.8 Å². The second-order valence-electron chi connectivity index (χ2n) is 7.70. The van der Waals surface area contributed by atoms with E-state index in [-0.39, 0.29) is 44.0 Å². The first kappa shape index (κ1) is 24.3. The molecular weight excluding hydrogens is 424 g/mol. The maximum atomic E-state index is 13.3. The number of carbonyl (C=O) groups excluding carboxylic acids is 3. The molecule has 8 nitrogen and oxygen atoms in total. The van der Waals surface area contributed by atoms with Gasteiger partial charge in [-0.3, -0.25) is 19.3 Å². The van der Waals surface area contributed by atoms with Crippen molar-refractivity contribution in [2.24, 2.45) is 0 Å². The summed E-state index contributed by atoms with van der Waals surface area (Å²) in [5.74, 6) is -0.329. The molecule has 2 aromatic carbocycles. The summed E-state index contributed by atoms with van der Waals surface area (Å²) >= 11 is 0. The highest BCUT2D eigenvalue weighted by Crippen LogP contribution is 2.32. The quantitative estimate of drug-likeness (QED) is 0.598. The van der Waals surface area contributed by atoms with Crippen molar-refractivity contribution < 1.29 is 28.6 Å². The third kappa shape index (κ3) is 6.10. The number of hydrogen-bond acceptors (Lipinski definition) is 6. The molecule has 0 radical (unpaired) electrons. The van der Waals surface area contributed by atoms with Gasteiger partial charge in [-0.15, -0.1) is 0 Å². The third-order valence-corrected chi connectivity index (χ3v) is 5.61. The highest BCUT2D eigenvalue weighted by Gasteiger charge is 2.30. The van der Waals surface area contributed by atoms with Gasteiger partial charge in [0, 0.05) is 19.2 Å². The number of anilines is 1. The minimum absolute atomic E-state index is 0.140. The summed E-state index contributed by atoms with van der Waals surface area (Å²) in [6.07, 6.45) is 0.329. The molecule has 1 atom stereocenters. The molecular formula is C25H30N2O6. The Kier molecular flexibility index (Phi) is 8.43. The zero-order valence-corrected chi connectivity index (χ0v) is 19.3. The van der Waals surface area contributed by atoms with Crippen LogP contribution in [0.1, 0.15) is 30.6 Å². The summed E-state index contributed by atoms with van der Waals surface area (Å²) in [4.78, 5) is 41.7. The molecule has 0 aromatic heterocycles. The predicted octanol–water partition coefficient (Wildman–Crippen LogP) is 2.75. The van der Waals surface area contributed by atoms with E-state index in [9.17, 15) is 14.4 Å². The Balaban J connectivity index is 1.87. The third-order valence-electron chi connectivity index (χ3n) is 5.61. The lowest BCUT2D eigenvalue weighted by atomic mass is 10.0. The number of rotatable bonds is 7. The number of benzene rings is 2. The van der Waals surface area contributed by atoms with Crippen LogP contribution in [0.15, 0.2) is 48.5 Å². The maximum Gasteiger partial charge on any atom is 0.326 e. The summed E-state index contributed by atoms with van der Waals surface area (Å²) in [6.45, 7) is 1.91. The van der Waals surface area contributed by atoms with Crippen molar-refractivity contribution in [1.29, 1.82) is 0 Å². The molecule has 3 rings (SSSR count). The second-order valence-corrected chi connectivity index (χ2v) is 7.70. The van der Waals surface area contributed by atoms with Crippen molar-refractivity contribution in [2.75, 3.05) is 45.4 Å². The van der Waals surface area contributed by atoms with E-state index in [0.717, 1.165) is 11.1 Å². The van der Waals surface area contributed by atoms with Crippen LogP contribution in [-0.2, 0) is 30.3 Å². The molecule has 1 aliphatic heterocycles. The van der Waals surface area contributed by atoms with Gasteiger partial charge in [0.1, 0.15) is 18.8 Å². The number of nitrogens with zero attached hydrogens (tertiary/aromatic N) is 2. The Morgan fingerprint density at radius 2 is 1.79 bits per heavy atom. The van der Waals surface area contributed by atoms with Crippen LogP contribution in [0.3, 0.4) is 0 Å². The van der Waals surface area contributed by atoms with E-state index < -0.39 is 5.97 Å². The van der Waals surface area contributed by atoms with Crippen molar-refractivity contribution in [1.82, 2.24) is 4.90 Å². The fourth-order valence-electron chi connectivity index (χ4n) is 3.89. The average molecular weight is 455 g/mol. The number of ether oxygens (including phenoxy) is 3. The molecule has 0 saturated carbocycles. The first-order chi connectivity index (χ1) is 16.0. The first-order valence-corrected chi connectivity index (χ1v) is 10.9. The summed E-state index contributed by atoms with van der Waals surface area (Å²) in [5.41, 5.74) is 2.21. The van der Waals surface area contributed by atoms with Gasteiger partial charge >= 0.3 is 5.97 Å². The van der Waals surface area contributed by atoms with E-state index >= 15 is 0 Å². The summed E-state index contributed by atoms with van der Waals surface area (Å²) in [5, 5.41) is 0. The van der Waals surface area contributed by atoms with Gasteiger partial charge in [-0.25, -0.2) is 0 Å². The van der Waals surface area contributed by atoms with E-state index in [1.54, 1.807) is 39.3 Å². The molecule has 0 bridgehead atoms. The van der Waals surface area contributed by atoms with Crippen LogP contribution < -0.4 is 9.64 Å². The van der Waals surface area contributed by atoms with Crippen LogP contribution in [0.2, 0.25) is 0 Å². The molecule has 0 spiro atoms. The zero-order chi connectivity index (χ0) is 23.8. The number of methoxy groups -OCH3 is 2. The predicted molar refractivity (Wildman–Crippen MR) is 123 cm³/mol. The smallest absolute Gasteiger partial charge is 0.326 e. The Morgan fingerprint density at radius 3 is 2.45 bits per heavy atom. The molecule has 0 aliphatic carbocycles. The van der Waals surface area contributed by atoms with E-state index in [1.165, 1.54) is 9.80 Å². The van der Waals surface area contributed by atoms with Crippen molar-refractivity contribution in [2.45, 2.75) is 25.9 Å². The largest absolute Gasteiger partial charge is 0.497 e. The monoisotopic (exact) mass is 454 g/mol. The molecule has 1 heterocycles. The highest BCUT2D eigenvalue weighted by molar-refractivity contribution is 6.01. The maximum absolute atomic E-state index is 13.3. The normalized spacial score (nSPS) is 16.3. The number of hydrogen-bond donors (Lipinski definition) is 0. The standard InChI is InChI=1S/C25H30N2O6/c1-4-33-25(30)17-27-21-8-6-5-7-20(21)22(32-3)13-14-26(16-24(27)29)23(28)15-18-9-11-19(31-2)12-10-18/h5-12,22H,4,13-17H2,1-3H3. The number of fused-ring (bicyclic) bond motifs is 1. The fraction of sp³-hybridized carbons (Fsp3) is 0.400. The van der Waals surface area contributed by atoms with Gasteiger partial charge in [0.25, 0.3) is 0 Å². The molecule has 176 valence electrons. The molecule has 0 saturated heterocycles. The van der Waals surface area contributed by atoms with Gasteiger partial charge in [-0.1, -0.05) is 30.3 Å². The molecule has 2 amide bonds. The van der Waals surface area contributed by atoms with E-state index in [4.69, 9.17) is 14.2 Å². The number of carbonyl (C=O) groups is 3. The number of esters is 1. The Bertz CT molecular complexity index is 975. The van der Waals surface area contributed by atoms with Crippen molar-refractivity contribution in [3.05, 3.63) is 59.7 Å². The number of amides is 2. The van der Waals surface area contributed by atoms with Crippen molar-refractivity contribution in [3.63, 3.8) is 0 Å². The van der Waals surface area contributed by atoms with Gasteiger partial charge in [0.15, 0.2) is 0 Å². The molecule has 1 aliphatic rings.